The van der Waals surface area contributed by atoms with Crippen molar-refractivity contribution in [1.82, 2.24) is 5.43 Å². The van der Waals surface area contributed by atoms with Crippen molar-refractivity contribution < 1.29 is 0 Å². The minimum Gasteiger partial charge on any atom is -0.271 e. The van der Waals surface area contributed by atoms with Gasteiger partial charge in [0, 0.05) is 6.04 Å². The summed E-state index contributed by atoms with van der Waals surface area (Å²) < 4.78 is 0. The molecule has 0 aromatic carbocycles. The first-order chi connectivity index (χ1) is 8.85. The molecule has 2 rings (SSSR count). The highest BCUT2D eigenvalue weighted by molar-refractivity contribution is 5.08. The number of hydrazine groups is 1. The summed E-state index contributed by atoms with van der Waals surface area (Å²) in [4.78, 5) is 0. The Morgan fingerprint density at radius 3 is 2.78 bits per heavy atom. The standard InChI is InChI=1S/C16H30N2/c1-2-14-10-6-7-11-15(14)16(18-17)12-13-8-4-3-5-9-13/h8,14-16,18H,2-7,9-12,17H2,1H3. The lowest BCUT2D eigenvalue weighted by atomic mass is 9.72. The third-order valence-corrected chi connectivity index (χ3v) is 5.09. The van der Waals surface area contributed by atoms with Crippen LogP contribution in [0.2, 0.25) is 0 Å². The molecule has 18 heavy (non-hydrogen) atoms. The fraction of sp³-hybridized carbons (Fsp3) is 0.875. The first kappa shape index (κ1) is 14.1. The molecule has 2 aliphatic carbocycles. The Bertz CT molecular complexity index is 272. The van der Waals surface area contributed by atoms with Gasteiger partial charge in [-0.15, -0.1) is 0 Å². The molecule has 3 unspecified atom stereocenters. The number of nitrogens with two attached hydrogens (primary N) is 1. The Balaban J connectivity index is 1.95. The van der Waals surface area contributed by atoms with E-state index >= 15 is 0 Å². The summed E-state index contributed by atoms with van der Waals surface area (Å²) >= 11 is 0. The summed E-state index contributed by atoms with van der Waals surface area (Å²) in [6.45, 7) is 2.34. The number of hydrogen-bond acceptors (Lipinski definition) is 2. The van der Waals surface area contributed by atoms with Gasteiger partial charge < -0.3 is 0 Å². The molecule has 2 heteroatoms. The lowest BCUT2D eigenvalue weighted by Crippen LogP contribution is -2.45. The van der Waals surface area contributed by atoms with E-state index in [0.29, 0.717) is 6.04 Å². The summed E-state index contributed by atoms with van der Waals surface area (Å²) in [5, 5.41) is 0. The lowest BCUT2D eigenvalue weighted by molar-refractivity contribution is 0.173. The van der Waals surface area contributed by atoms with E-state index in [4.69, 9.17) is 5.84 Å². The van der Waals surface area contributed by atoms with Crippen LogP contribution in [0.4, 0.5) is 0 Å². The number of allylic oxidation sites excluding steroid dienone is 1. The van der Waals surface area contributed by atoms with Crippen molar-refractivity contribution in [3.05, 3.63) is 11.6 Å². The van der Waals surface area contributed by atoms with E-state index in [1.165, 1.54) is 64.2 Å². The monoisotopic (exact) mass is 250 g/mol. The van der Waals surface area contributed by atoms with Gasteiger partial charge in [-0.2, -0.15) is 0 Å². The zero-order valence-corrected chi connectivity index (χ0v) is 12.0. The SMILES string of the molecule is CCC1CCCCC1C(CC1=CCCCC1)NN. The lowest BCUT2D eigenvalue weighted by Gasteiger charge is -2.37. The van der Waals surface area contributed by atoms with Crippen molar-refractivity contribution in [3.63, 3.8) is 0 Å². The first-order valence-electron chi connectivity index (χ1n) is 7.99. The van der Waals surface area contributed by atoms with Crippen molar-refractivity contribution in [2.75, 3.05) is 0 Å². The van der Waals surface area contributed by atoms with Crippen molar-refractivity contribution in [2.24, 2.45) is 17.7 Å². The van der Waals surface area contributed by atoms with Crippen LogP contribution in [-0.4, -0.2) is 6.04 Å². The fourth-order valence-corrected chi connectivity index (χ4v) is 3.98. The zero-order valence-electron chi connectivity index (χ0n) is 12.0. The maximum Gasteiger partial charge on any atom is 0.0278 e. The van der Waals surface area contributed by atoms with Crippen molar-refractivity contribution in [2.45, 2.75) is 77.2 Å². The molecule has 0 radical (unpaired) electrons. The first-order valence-corrected chi connectivity index (χ1v) is 7.99. The highest BCUT2D eigenvalue weighted by atomic mass is 15.2. The molecule has 0 bridgehead atoms. The van der Waals surface area contributed by atoms with Crippen molar-refractivity contribution in [1.29, 1.82) is 0 Å². The molecule has 1 fully saturated rings. The van der Waals surface area contributed by atoms with Gasteiger partial charge in [0.15, 0.2) is 0 Å². The molecule has 2 nitrogen and oxygen atoms in total. The topological polar surface area (TPSA) is 38.0 Å². The summed E-state index contributed by atoms with van der Waals surface area (Å²) in [5.41, 5.74) is 4.80. The summed E-state index contributed by atoms with van der Waals surface area (Å²) in [6.07, 6.45) is 16.0. The Morgan fingerprint density at radius 1 is 1.28 bits per heavy atom. The molecular formula is C16H30N2. The third-order valence-electron chi connectivity index (χ3n) is 5.09. The minimum atomic E-state index is 0.514. The molecular weight excluding hydrogens is 220 g/mol. The van der Waals surface area contributed by atoms with Crippen molar-refractivity contribution in [3.8, 4) is 0 Å². The van der Waals surface area contributed by atoms with Gasteiger partial charge in [0.2, 0.25) is 0 Å². The third kappa shape index (κ3) is 3.58. The van der Waals surface area contributed by atoms with Gasteiger partial charge in [0.25, 0.3) is 0 Å². The number of nitrogens with one attached hydrogen (secondary N) is 1. The summed E-state index contributed by atoms with van der Waals surface area (Å²) in [6, 6.07) is 0.514. The second kappa shape index (κ2) is 7.30. The second-order valence-corrected chi connectivity index (χ2v) is 6.20. The van der Waals surface area contributed by atoms with Crippen LogP contribution in [0, 0.1) is 11.8 Å². The molecule has 0 saturated heterocycles. The predicted octanol–water partition coefficient (Wildman–Crippen LogP) is 3.93. The van der Waals surface area contributed by atoms with E-state index in [1.54, 1.807) is 5.57 Å². The highest BCUT2D eigenvalue weighted by Gasteiger charge is 2.30. The van der Waals surface area contributed by atoms with Gasteiger partial charge in [-0.3, -0.25) is 11.3 Å². The normalized spacial score (nSPS) is 30.9. The van der Waals surface area contributed by atoms with Crippen LogP contribution in [0.5, 0.6) is 0 Å². The van der Waals surface area contributed by atoms with E-state index in [0.717, 1.165) is 11.8 Å². The molecule has 0 amide bonds. The quantitative estimate of drug-likeness (QED) is 0.441. The fourth-order valence-electron chi connectivity index (χ4n) is 3.98. The van der Waals surface area contributed by atoms with E-state index in [-0.39, 0.29) is 0 Å². The molecule has 1 saturated carbocycles. The van der Waals surface area contributed by atoms with Crippen LogP contribution < -0.4 is 11.3 Å². The van der Waals surface area contributed by atoms with Gasteiger partial charge in [0.05, 0.1) is 0 Å². The molecule has 0 aliphatic heterocycles. The van der Waals surface area contributed by atoms with Crippen LogP contribution in [-0.2, 0) is 0 Å². The van der Waals surface area contributed by atoms with E-state index < -0.39 is 0 Å². The van der Waals surface area contributed by atoms with Crippen LogP contribution >= 0.6 is 0 Å². The average molecular weight is 250 g/mol. The van der Waals surface area contributed by atoms with Crippen LogP contribution in [0.1, 0.15) is 71.1 Å². The molecule has 3 N–H and O–H groups in total. The molecule has 0 aromatic heterocycles. The summed E-state index contributed by atoms with van der Waals surface area (Å²) in [5.74, 6) is 7.56. The molecule has 3 atom stereocenters. The Hall–Kier alpha value is -0.340. The Morgan fingerprint density at radius 2 is 2.11 bits per heavy atom. The van der Waals surface area contributed by atoms with Crippen molar-refractivity contribution >= 4 is 0 Å². The van der Waals surface area contributed by atoms with E-state index in [2.05, 4.69) is 18.4 Å². The van der Waals surface area contributed by atoms with Gasteiger partial charge in [-0.1, -0.05) is 44.3 Å². The molecule has 0 aromatic rings. The number of hydrogen-bond donors (Lipinski definition) is 2. The molecule has 104 valence electrons. The number of rotatable bonds is 5. The molecule has 0 spiro atoms. The van der Waals surface area contributed by atoms with Crippen LogP contribution in [0.15, 0.2) is 11.6 Å². The Labute approximate surface area is 112 Å². The zero-order chi connectivity index (χ0) is 12.8. The smallest absolute Gasteiger partial charge is 0.0278 e. The second-order valence-electron chi connectivity index (χ2n) is 6.20. The maximum absolute atomic E-state index is 5.86. The molecule has 0 heterocycles. The van der Waals surface area contributed by atoms with E-state index in [1.807, 2.05) is 0 Å². The molecule has 2 aliphatic rings. The maximum atomic E-state index is 5.86. The highest BCUT2D eigenvalue weighted by Crippen LogP contribution is 2.36. The largest absolute Gasteiger partial charge is 0.271 e. The van der Waals surface area contributed by atoms with Crippen LogP contribution in [0.25, 0.3) is 0 Å². The minimum absolute atomic E-state index is 0.514. The van der Waals surface area contributed by atoms with Gasteiger partial charge in [0.1, 0.15) is 0 Å². The van der Waals surface area contributed by atoms with Gasteiger partial charge >= 0.3 is 0 Å². The van der Waals surface area contributed by atoms with E-state index in [9.17, 15) is 0 Å². The predicted molar refractivity (Wildman–Crippen MR) is 78.0 cm³/mol. The summed E-state index contributed by atoms with van der Waals surface area (Å²) in [7, 11) is 0. The van der Waals surface area contributed by atoms with Gasteiger partial charge in [-0.05, 0) is 50.4 Å². The Kier molecular flexibility index (Phi) is 5.71. The van der Waals surface area contributed by atoms with Crippen LogP contribution in [0.3, 0.4) is 0 Å². The average Bonchev–Trinajstić information content (AvgIpc) is 2.46. The van der Waals surface area contributed by atoms with Gasteiger partial charge in [-0.25, -0.2) is 0 Å².